The van der Waals surface area contributed by atoms with Gasteiger partial charge in [0.25, 0.3) is 0 Å². The summed E-state index contributed by atoms with van der Waals surface area (Å²) < 4.78 is 0. The molecule has 0 saturated carbocycles. The molecule has 41 heavy (non-hydrogen) atoms. The minimum absolute atomic E-state index is 0.0530. The average Bonchev–Trinajstić information content (AvgIpc) is 3.62. The highest BCUT2D eigenvalue weighted by molar-refractivity contribution is 5.94. The molecule has 0 aliphatic carbocycles. The summed E-state index contributed by atoms with van der Waals surface area (Å²) in [5, 5.41) is 21.7. The van der Waals surface area contributed by atoms with E-state index in [0.717, 1.165) is 16.5 Å². The van der Waals surface area contributed by atoms with Crippen LogP contribution in [0.2, 0.25) is 0 Å². The summed E-state index contributed by atoms with van der Waals surface area (Å²) in [7, 11) is 0. The number of benzene rings is 1. The number of hydrogen-bond acceptors (Lipinski definition) is 8. The van der Waals surface area contributed by atoms with E-state index in [4.69, 9.17) is 10.8 Å². The topological polar surface area (TPSA) is 253 Å². The van der Waals surface area contributed by atoms with Gasteiger partial charge < -0.3 is 47.4 Å². The zero-order chi connectivity index (χ0) is 29.8. The molecule has 218 valence electrons. The summed E-state index contributed by atoms with van der Waals surface area (Å²) in [6.45, 7) is -1.99. The molecule has 2 aromatic heterocycles. The molecule has 3 aromatic rings. The molecule has 0 aliphatic heterocycles. The first-order valence-corrected chi connectivity index (χ1v) is 12.5. The second kappa shape index (κ2) is 14.8. The molecule has 16 nitrogen and oxygen atoms in total. The van der Waals surface area contributed by atoms with Crippen molar-refractivity contribution in [2.24, 2.45) is 5.73 Å². The van der Waals surface area contributed by atoms with E-state index in [-0.39, 0.29) is 19.4 Å². The van der Waals surface area contributed by atoms with Crippen LogP contribution < -0.4 is 32.3 Å². The van der Waals surface area contributed by atoms with Crippen molar-refractivity contribution in [1.82, 2.24) is 41.5 Å². The van der Waals surface area contributed by atoms with Crippen LogP contribution in [0, 0.1) is 0 Å². The van der Waals surface area contributed by atoms with E-state index < -0.39 is 67.2 Å². The largest absolute Gasteiger partial charge is 0.480 e. The lowest BCUT2D eigenvalue weighted by molar-refractivity contribution is -0.138. The summed E-state index contributed by atoms with van der Waals surface area (Å²) in [6.07, 6.45) is 4.71. The number of nitrogens with zero attached hydrogens (tertiary/aromatic N) is 1. The predicted octanol–water partition coefficient (Wildman–Crippen LogP) is -2.96. The number of imidazole rings is 1. The number of nitrogens with one attached hydrogen (secondary N) is 7. The van der Waals surface area contributed by atoms with Gasteiger partial charge in [0.05, 0.1) is 26.0 Å². The van der Waals surface area contributed by atoms with E-state index in [2.05, 4.69) is 41.5 Å². The van der Waals surface area contributed by atoms with E-state index in [1.54, 1.807) is 6.20 Å². The van der Waals surface area contributed by atoms with Crippen molar-refractivity contribution in [3.8, 4) is 0 Å². The van der Waals surface area contributed by atoms with Gasteiger partial charge in [-0.15, -0.1) is 0 Å². The number of carbonyl (C=O) groups is 6. The van der Waals surface area contributed by atoms with E-state index in [9.17, 15) is 28.8 Å². The molecular weight excluding hydrogens is 538 g/mol. The number of amides is 5. The summed E-state index contributed by atoms with van der Waals surface area (Å²) >= 11 is 0. The van der Waals surface area contributed by atoms with Gasteiger partial charge in [-0.05, 0) is 11.6 Å². The molecule has 5 amide bonds. The smallest absolute Gasteiger partial charge is 0.322 e. The molecule has 0 spiro atoms. The number of nitrogens with two attached hydrogens (primary N) is 1. The number of carbonyl (C=O) groups excluding carboxylic acids is 5. The first-order chi connectivity index (χ1) is 19.7. The Bertz CT molecular complexity index is 1390. The number of para-hydroxylation sites is 1. The molecule has 10 N–H and O–H groups in total. The number of aromatic amines is 2. The SMILES string of the molecule is NCC(=O)NC(Cc1cnc[nH]1)C(=O)NCC(=O)NCC(=O)NC(Cc1c[nH]c2ccccc12)C(=O)NCC(=O)O. The lowest BCUT2D eigenvalue weighted by Gasteiger charge is -2.19. The van der Waals surface area contributed by atoms with Crippen molar-refractivity contribution in [2.45, 2.75) is 24.9 Å². The van der Waals surface area contributed by atoms with E-state index >= 15 is 0 Å². The van der Waals surface area contributed by atoms with Crippen LogP contribution in [0.4, 0.5) is 0 Å². The highest BCUT2D eigenvalue weighted by Gasteiger charge is 2.24. The number of carboxylic acid groups (broad SMARTS) is 1. The van der Waals surface area contributed by atoms with Crippen molar-refractivity contribution < 1.29 is 33.9 Å². The van der Waals surface area contributed by atoms with Gasteiger partial charge in [0, 0.05) is 41.8 Å². The zero-order valence-electron chi connectivity index (χ0n) is 21.9. The quantitative estimate of drug-likeness (QED) is 0.0905. The highest BCUT2D eigenvalue weighted by atomic mass is 16.4. The van der Waals surface area contributed by atoms with Crippen LogP contribution in [0.25, 0.3) is 10.9 Å². The van der Waals surface area contributed by atoms with Crippen LogP contribution in [0.15, 0.2) is 43.0 Å². The van der Waals surface area contributed by atoms with Crippen molar-refractivity contribution in [3.05, 3.63) is 54.2 Å². The Labute approximate surface area is 233 Å². The van der Waals surface area contributed by atoms with Crippen LogP contribution >= 0.6 is 0 Å². The van der Waals surface area contributed by atoms with E-state index in [1.165, 1.54) is 12.5 Å². The normalized spacial score (nSPS) is 12.1. The Hall–Kier alpha value is -5.25. The first kappa shape index (κ1) is 30.3. The third-order valence-corrected chi connectivity index (χ3v) is 5.85. The lowest BCUT2D eigenvalue weighted by atomic mass is 10.0. The summed E-state index contributed by atoms with van der Waals surface area (Å²) in [5.74, 6) is -4.61. The summed E-state index contributed by atoms with van der Waals surface area (Å²) in [4.78, 5) is 82.5. The Kier molecular flexibility index (Phi) is 10.9. The minimum atomic E-state index is -1.25. The Morgan fingerprint density at radius 2 is 1.49 bits per heavy atom. The van der Waals surface area contributed by atoms with Crippen molar-refractivity contribution in [2.75, 3.05) is 26.2 Å². The number of fused-ring (bicyclic) bond motifs is 1. The van der Waals surface area contributed by atoms with Gasteiger partial charge in [-0.3, -0.25) is 28.8 Å². The number of hydrogen-bond donors (Lipinski definition) is 9. The molecule has 3 rings (SSSR count). The number of aromatic nitrogens is 3. The molecule has 0 aliphatic rings. The molecule has 1 aromatic carbocycles. The molecule has 0 fully saturated rings. The fourth-order valence-electron chi connectivity index (χ4n) is 3.87. The van der Waals surface area contributed by atoms with E-state index in [0.29, 0.717) is 5.69 Å². The minimum Gasteiger partial charge on any atom is -0.480 e. The molecule has 0 bridgehead atoms. The monoisotopic (exact) mass is 569 g/mol. The molecule has 2 atom stereocenters. The molecule has 2 unspecified atom stereocenters. The number of H-pyrrole nitrogens is 2. The Morgan fingerprint density at radius 1 is 0.829 bits per heavy atom. The van der Waals surface area contributed by atoms with Crippen LogP contribution in [-0.2, 0) is 41.6 Å². The first-order valence-electron chi connectivity index (χ1n) is 12.5. The molecular formula is C25H31N9O7. The van der Waals surface area contributed by atoms with Crippen molar-refractivity contribution >= 4 is 46.4 Å². The maximum atomic E-state index is 12.7. The van der Waals surface area contributed by atoms with Gasteiger partial charge in [0.15, 0.2) is 0 Å². The zero-order valence-corrected chi connectivity index (χ0v) is 21.9. The third-order valence-electron chi connectivity index (χ3n) is 5.85. The van der Waals surface area contributed by atoms with Gasteiger partial charge >= 0.3 is 5.97 Å². The van der Waals surface area contributed by atoms with Crippen LogP contribution in [0.3, 0.4) is 0 Å². The molecule has 0 saturated heterocycles. The molecule has 2 heterocycles. The number of aliphatic carboxylic acids is 1. The van der Waals surface area contributed by atoms with Gasteiger partial charge in [-0.1, -0.05) is 18.2 Å². The van der Waals surface area contributed by atoms with E-state index in [1.807, 2.05) is 24.3 Å². The van der Waals surface area contributed by atoms with Crippen molar-refractivity contribution in [1.29, 1.82) is 0 Å². The summed E-state index contributed by atoms with van der Waals surface area (Å²) in [6, 6.07) is 5.17. The molecule has 0 radical (unpaired) electrons. The van der Waals surface area contributed by atoms with Crippen LogP contribution in [-0.4, -0.2) is 93.8 Å². The molecule has 16 heteroatoms. The van der Waals surface area contributed by atoms with Gasteiger partial charge in [-0.25, -0.2) is 4.98 Å². The average molecular weight is 570 g/mol. The van der Waals surface area contributed by atoms with Gasteiger partial charge in [0.2, 0.25) is 29.5 Å². The fourth-order valence-corrected chi connectivity index (χ4v) is 3.87. The van der Waals surface area contributed by atoms with Gasteiger partial charge in [0.1, 0.15) is 18.6 Å². The van der Waals surface area contributed by atoms with Crippen LogP contribution in [0.5, 0.6) is 0 Å². The maximum Gasteiger partial charge on any atom is 0.322 e. The maximum absolute atomic E-state index is 12.7. The number of carboxylic acids is 1. The fraction of sp³-hybridized carbons (Fsp3) is 0.320. The second-order valence-corrected chi connectivity index (χ2v) is 8.89. The highest BCUT2D eigenvalue weighted by Crippen LogP contribution is 2.19. The number of rotatable bonds is 15. The lowest BCUT2D eigenvalue weighted by Crippen LogP contribution is -2.53. The predicted molar refractivity (Wildman–Crippen MR) is 144 cm³/mol. The summed E-state index contributed by atoms with van der Waals surface area (Å²) in [5.41, 5.74) is 7.42. The third kappa shape index (κ3) is 9.47. The van der Waals surface area contributed by atoms with Gasteiger partial charge in [-0.2, -0.15) is 0 Å². The van der Waals surface area contributed by atoms with Crippen LogP contribution in [0.1, 0.15) is 11.3 Å². The van der Waals surface area contributed by atoms with Crippen molar-refractivity contribution in [3.63, 3.8) is 0 Å². The second-order valence-electron chi connectivity index (χ2n) is 8.89. The standard InChI is InChI=1S/C25H31N9O7/c26-7-20(35)33-19(6-15-9-27-13-32-15)25(41)30-10-21(36)29-11-22(37)34-18(24(40)31-12-23(38)39)5-14-8-28-17-4-2-1-3-16(14)17/h1-4,8-9,13,18-19,28H,5-7,10-12,26H2,(H,27,32)(H,29,36)(H,30,41)(H,31,40)(H,33,35)(H,34,37)(H,38,39). The Balaban J connectivity index is 1.53. The Morgan fingerprint density at radius 3 is 2.17 bits per heavy atom.